The maximum atomic E-state index is 13.5. The average Bonchev–Trinajstić information content (AvgIpc) is 3.43. The van der Waals surface area contributed by atoms with Crippen LogP contribution in [-0.4, -0.2) is 73.8 Å². The SMILES string of the molecule is CC(C)Oc1ccc(C#Cc2ccc(S(=O)(=O)N3CCOCC3)cc2)cc1C(=O)N[C@@H](CO)Cc1c[nH]c2ccccc12. The fourth-order valence-electron chi connectivity index (χ4n) is 4.92. The Bertz CT molecular complexity index is 1750. The van der Waals surface area contributed by atoms with Gasteiger partial charge in [0.05, 0.1) is 42.4 Å². The number of aromatic amines is 1. The third-order valence-electron chi connectivity index (χ3n) is 7.10. The summed E-state index contributed by atoms with van der Waals surface area (Å²) in [6, 6.07) is 19.0. The molecule has 1 aromatic heterocycles. The molecule has 1 atom stereocenters. The smallest absolute Gasteiger partial charge is 0.255 e. The predicted octanol–water partition coefficient (Wildman–Crippen LogP) is 3.71. The van der Waals surface area contributed by atoms with E-state index in [-0.39, 0.29) is 23.5 Å². The van der Waals surface area contributed by atoms with E-state index in [4.69, 9.17) is 9.47 Å². The summed E-state index contributed by atoms with van der Waals surface area (Å²) in [6.45, 7) is 4.96. The van der Waals surface area contributed by atoms with Gasteiger partial charge in [-0.15, -0.1) is 0 Å². The summed E-state index contributed by atoms with van der Waals surface area (Å²) in [5.41, 5.74) is 3.52. The number of sulfonamides is 1. The number of nitrogens with one attached hydrogen (secondary N) is 2. The van der Waals surface area contributed by atoms with Crippen molar-refractivity contribution in [2.24, 2.45) is 0 Å². The average molecular weight is 602 g/mol. The molecule has 1 saturated heterocycles. The number of hydrogen-bond donors (Lipinski definition) is 3. The van der Waals surface area contributed by atoms with E-state index in [2.05, 4.69) is 22.1 Å². The number of benzene rings is 3. The minimum Gasteiger partial charge on any atom is -0.490 e. The first-order chi connectivity index (χ1) is 20.7. The van der Waals surface area contributed by atoms with Crippen molar-refractivity contribution < 1.29 is 27.8 Å². The maximum absolute atomic E-state index is 13.5. The zero-order valence-corrected chi connectivity index (χ0v) is 25.0. The highest BCUT2D eigenvalue weighted by atomic mass is 32.2. The van der Waals surface area contributed by atoms with Crippen LogP contribution in [0.15, 0.2) is 77.8 Å². The zero-order chi connectivity index (χ0) is 30.4. The minimum absolute atomic E-state index is 0.157. The lowest BCUT2D eigenvalue weighted by Crippen LogP contribution is -2.40. The molecule has 1 fully saturated rings. The van der Waals surface area contributed by atoms with Crippen molar-refractivity contribution in [1.29, 1.82) is 0 Å². The zero-order valence-electron chi connectivity index (χ0n) is 24.2. The van der Waals surface area contributed by atoms with Crippen molar-refractivity contribution in [3.63, 3.8) is 0 Å². The number of fused-ring (bicyclic) bond motifs is 1. The Balaban J connectivity index is 1.34. The molecule has 10 heteroatoms. The summed E-state index contributed by atoms with van der Waals surface area (Å²) in [5.74, 6) is 6.15. The van der Waals surface area contributed by atoms with E-state index < -0.39 is 16.1 Å². The number of ether oxygens (including phenoxy) is 2. The standard InChI is InChI=1S/C33H35N3O6S/c1-23(2)42-32-14-11-25(8-7-24-9-12-28(13-10-24)43(39,40)36-15-17-41-18-16-36)19-30(32)33(38)35-27(22-37)20-26-21-34-31-6-4-3-5-29(26)31/h3-6,9-14,19,21,23,27,34,37H,15-18,20,22H2,1-2H3,(H,35,38)/t27-/m1/s1. The third-order valence-corrected chi connectivity index (χ3v) is 9.01. The second kappa shape index (κ2) is 13.4. The van der Waals surface area contributed by atoms with Gasteiger partial charge in [0.1, 0.15) is 5.75 Å². The molecule has 3 aromatic carbocycles. The summed E-state index contributed by atoms with van der Waals surface area (Å²) in [4.78, 5) is 16.9. The summed E-state index contributed by atoms with van der Waals surface area (Å²) >= 11 is 0. The number of hydrogen-bond acceptors (Lipinski definition) is 6. The lowest BCUT2D eigenvalue weighted by Gasteiger charge is -2.26. The van der Waals surface area contributed by atoms with Crippen LogP contribution in [0.5, 0.6) is 5.75 Å². The maximum Gasteiger partial charge on any atom is 0.255 e. The first-order valence-electron chi connectivity index (χ1n) is 14.2. The molecule has 224 valence electrons. The molecule has 43 heavy (non-hydrogen) atoms. The summed E-state index contributed by atoms with van der Waals surface area (Å²) < 4.78 is 38.4. The number of carbonyl (C=O) groups is 1. The van der Waals surface area contributed by atoms with Gasteiger partial charge in [-0.1, -0.05) is 30.0 Å². The van der Waals surface area contributed by atoms with Gasteiger partial charge in [-0.25, -0.2) is 8.42 Å². The lowest BCUT2D eigenvalue weighted by atomic mass is 10.0. The Hall–Kier alpha value is -4.14. The van der Waals surface area contributed by atoms with Gasteiger partial charge in [0.2, 0.25) is 10.0 Å². The molecule has 1 amide bonds. The van der Waals surface area contributed by atoms with Crippen molar-refractivity contribution in [3.05, 3.63) is 95.2 Å². The quantitative estimate of drug-likeness (QED) is 0.252. The molecular formula is C33H35N3O6S. The van der Waals surface area contributed by atoms with Gasteiger partial charge in [-0.05, 0) is 74.4 Å². The number of H-pyrrole nitrogens is 1. The molecule has 4 aromatic rings. The molecule has 9 nitrogen and oxygen atoms in total. The molecular weight excluding hydrogens is 566 g/mol. The first kappa shape index (κ1) is 30.3. The van der Waals surface area contributed by atoms with E-state index in [0.29, 0.717) is 55.2 Å². The van der Waals surface area contributed by atoms with Gasteiger partial charge in [0.15, 0.2) is 0 Å². The Labute approximate surface area is 251 Å². The van der Waals surface area contributed by atoms with Crippen LogP contribution in [-0.2, 0) is 21.2 Å². The number of nitrogens with zero attached hydrogens (tertiary/aromatic N) is 1. The van der Waals surface area contributed by atoms with Crippen LogP contribution >= 0.6 is 0 Å². The first-order valence-corrected chi connectivity index (χ1v) is 15.7. The monoisotopic (exact) mass is 601 g/mol. The van der Waals surface area contributed by atoms with Gasteiger partial charge in [-0.2, -0.15) is 4.31 Å². The van der Waals surface area contributed by atoms with Crippen molar-refractivity contribution in [3.8, 4) is 17.6 Å². The predicted molar refractivity (Wildman–Crippen MR) is 165 cm³/mol. The van der Waals surface area contributed by atoms with Crippen LogP contribution in [0.1, 0.15) is 40.9 Å². The second-order valence-corrected chi connectivity index (χ2v) is 12.5. The molecule has 0 bridgehead atoms. The molecule has 5 rings (SSSR count). The van der Waals surface area contributed by atoms with Crippen LogP contribution < -0.4 is 10.1 Å². The fourth-order valence-corrected chi connectivity index (χ4v) is 6.33. The Kier molecular flexibility index (Phi) is 9.48. The van der Waals surface area contributed by atoms with E-state index in [1.807, 2.05) is 44.3 Å². The second-order valence-electron chi connectivity index (χ2n) is 10.6. The van der Waals surface area contributed by atoms with Gasteiger partial charge in [-0.3, -0.25) is 4.79 Å². The van der Waals surface area contributed by atoms with Gasteiger partial charge in [0.25, 0.3) is 5.91 Å². The number of aliphatic hydroxyl groups excluding tert-OH is 1. The number of rotatable bonds is 9. The molecule has 0 spiro atoms. The van der Waals surface area contributed by atoms with Crippen LogP contribution in [0.4, 0.5) is 0 Å². The number of para-hydroxylation sites is 1. The van der Waals surface area contributed by atoms with Crippen LogP contribution in [0.3, 0.4) is 0 Å². The highest BCUT2D eigenvalue weighted by molar-refractivity contribution is 7.89. The summed E-state index contributed by atoms with van der Waals surface area (Å²) in [7, 11) is -3.59. The molecule has 0 aliphatic carbocycles. The number of morpholine rings is 1. The molecule has 0 unspecified atom stereocenters. The van der Waals surface area contributed by atoms with Gasteiger partial charge in [0, 0.05) is 41.3 Å². The summed E-state index contributed by atoms with van der Waals surface area (Å²) in [6.07, 6.45) is 2.19. The van der Waals surface area contributed by atoms with E-state index in [1.54, 1.807) is 42.5 Å². The van der Waals surface area contributed by atoms with Crippen LogP contribution in [0, 0.1) is 11.8 Å². The van der Waals surface area contributed by atoms with Crippen molar-refractivity contribution in [2.75, 3.05) is 32.9 Å². The topological polar surface area (TPSA) is 121 Å². The number of carbonyl (C=O) groups excluding carboxylic acids is 1. The van der Waals surface area contributed by atoms with E-state index in [9.17, 15) is 18.3 Å². The molecule has 0 saturated carbocycles. The van der Waals surface area contributed by atoms with Crippen molar-refractivity contribution in [1.82, 2.24) is 14.6 Å². The third kappa shape index (κ3) is 7.27. The van der Waals surface area contributed by atoms with Crippen LogP contribution in [0.25, 0.3) is 10.9 Å². The highest BCUT2D eigenvalue weighted by Crippen LogP contribution is 2.23. The minimum atomic E-state index is -3.59. The summed E-state index contributed by atoms with van der Waals surface area (Å²) in [5, 5.41) is 14.1. The largest absolute Gasteiger partial charge is 0.490 e. The van der Waals surface area contributed by atoms with Gasteiger partial charge < -0.3 is 24.9 Å². The molecule has 3 N–H and O–H groups in total. The molecule has 1 aliphatic rings. The lowest BCUT2D eigenvalue weighted by molar-refractivity contribution is 0.0730. The molecule has 2 heterocycles. The fraction of sp³-hybridized carbons (Fsp3) is 0.303. The number of aromatic nitrogens is 1. The number of amides is 1. The van der Waals surface area contributed by atoms with Gasteiger partial charge >= 0.3 is 0 Å². The Morgan fingerprint density at radius 3 is 2.47 bits per heavy atom. The van der Waals surface area contributed by atoms with E-state index in [1.165, 1.54) is 4.31 Å². The molecule has 0 radical (unpaired) electrons. The molecule has 1 aliphatic heterocycles. The van der Waals surface area contributed by atoms with Crippen LogP contribution in [0.2, 0.25) is 0 Å². The Morgan fingerprint density at radius 2 is 1.74 bits per heavy atom. The van der Waals surface area contributed by atoms with Crippen molar-refractivity contribution in [2.45, 2.75) is 37.3 Å². The number of aliphatic hydroxyl groups is 1. The van der Waals surface area contributed by atoms with Crippen molar-refractivity contribution >= 4 is 26.8 Å². The van der Waals surface area contributed by atoms with E-state index in [0.717, 1.165) is 16.5 Å². The van der Waals surface area contributed by atoms with E-state index >= 15 is 0 Å². The Morgan fingerprint density at radius 1 is 1.05 bits per heavy atom. The normalized spacial score (nSPS) is 14.7. The highest BCUT2D eigenvalue weighted by Gasteiger charge is 2.26.